The van der Waals surface area contributed by atoms with Gasteiger partial charge in [-0.1, -0.05) is 12.1 Å². The van der Waals surface area contributed by atoms with Crippen molar-refractivity contribution in [2.75, 3.05) is 0 Å². The van der Waals surface area contributed by atoms with E-state index in [-0.39, 0.29) is 0 Å². The van der Waals surface area contributed by atoms with Crippen LogP contribution in [0.2, 0.25) is 0 Å². The average molecular weight is 295 g/mol. The van der Waals surface area contributed by atoms with Gasteiger partial charge in [-0.2, -0.15) is 0 Å². The van der Waals surface area contributed by atoms with Gasteiger partial charge in [0.2, 0.25) is 11.1 Å². The van der Waals surface area contributed by atoms with Gasteiger partial charge in [-0.3, -0.25) is 4.98 Å². The SMILES string of the molecule is Cc1ccc2c(c1)S(=O)Oc1cc(C)c3ccncc3c1-2. The Morgan fingerprint density at radius 2 is 1.95 bits per heavy atom. The summed E-state index contributed by atoms with van der Waals surface area (Å²) in [5.74, 6) is 0.669. The number of pyridine rings is 1. The van der Waals surface area contributed by atoms with Gasteiger partial charge < -0.3 is 4.18 Å². The number of aryl methyl sites for hydroxylation is 2. The number of rotatable bonds is 0. The van der Waals surface area contributed by atoms with E-state index in [2.05, 4.69) is 4.98 Å². The Kier molecular flexibility index (Phi) is 2.62. The summed E-state index contributed by atoms with van der Waals surface area (Å²) in [4.78, 5) is 4.97. The average Bonchev–Trinajstić information content (AvgIpc) is 2.48. The molecule has 3 aromatic rings. The number of hydrogen-bond donors (Lipinski definition) is 0. The molecule has 1 atom stereocenters. The molecule has 3 nitrogen and oxygen atoms in total. The highest BCUT2D eigenvalue weighted by Crippen LogP contribution is 2.44. The zero-order valence-corrected chi connectivity index (χ0v) is 12.5. The number of benzene rings is 2. The normalized spacial score (nSPS) is 16.2. The highest BCUT2D eigenvalue weighted by atomic mass is 32.2. The molecular formula is C17H13NO2S. The number of nitrogens with zero attached hydrogens (tertiary/aromatic N) is 1. The molecule has 1 unspecified atom stereocenters. The number of hydrogen-bond acceptors (Lipinski definition) is 3. The Hall–Kier alpha value is -2.20. The summed E-state index contributed by atoms with van der Waals surface area (Å²) in [6.45, 7) is 4.02. The molecule has 4 rings (SSSR count). The van der Waals surface area contributed by atoms with E-state index in [1.54, 1.807) is 6.20 Å². The van der Waals surface area contributed by atoms with Crippen LogP contribution in [0.5, 0.6) is 5.75 Å². The second-order valence-electron chi connectivity index (χ2n) is 5.31. The van der Waals surface area contributed by atoms with Gasteiger partial charge in [0.05, 0.1) is 4.90 Å². The molecule has 0 spiro atoms. The van der Waals surface area contributed by atoms with E-state index in [1.165, 1.54) is 0 Å². The van der Waals surface area contributed by atoms with Crippen molar-refractivity contribution in [2.45, 2.75) is 18.7 Å². The molecule has 2 aromatic carbocycles. The summed E-state index contributed by atoms with van der Waals surface area (Å²) in [6, 6.07) is 9.94. The predicted molar refractivity (Wildman–Crippen MR) is 83.7 cm³/mol. The molecule has 0 radical (unpaired) electrons. The van der Waals surface area contributed by atoms with E-state index in [4.69, 9.17) is 4.18 Å². The molecule has 0 amide bonds. The fraction of sp³-hybridized carbons (Fsp3) is 0.118. The predicted octanol–water partition coefficient (Wildman–Crippen LogP) is 3.93. The van der Waals surface area contributed by atoms with Gasteiger partial charge in [-0.25, -0.2) is 4.21 Å². The zero-order chi connectivity index (χ0) is 14.6. The smallest absolute Gasteiger partial charge is 0.241 e. The number of aromatic nitrogens is 1. The lowest BCUT2D eigenvalue weighted by molar-refractivity contribution is 0.559. The molecule has 21 heavy (non-hydrogen) atoms. The Bertz CT molecular complexity index is 918. The first-order valence-electron chi connectivity index (χ1n) is 6.73. The van der Waals surface area contributed by atoms with Gasteiger partial charge in [-0.05, 0) is 48.6 Å². The van der Waals surface area contributed by atoms with Gasteiger partial charge in [0.25, 0.3) is 0 Å². The van der Waals surface area contributed by atoms with Gasteiger partial charge in [0, 0.05) is 28.9 Å². The Labute approximate surface area is 125 Å². The van der Waals surface area contributed by atoms with Crippen LogP contribution in [0.3, 0.4) is 0 Å². The highest BCUT2D eigenvalue weighted by Gasteiger charge is 2.26. The van der Waals surface area contributed by atoms with Crippen molar-refractivity contribution < 1.29 is 8.39 Å². The van der Waals surface area contributed by atoms with Crippen LogP contribution < -0.4 is 4.18 Å². The molecule has 4 heteroatoms. The van der Waals surface area contributed by atoms with Gasteiger partial charge in [-0.15, -0.1) is 0 Å². The van der Waals surface area contributed by atoms with Gasteiger partial charge in [0.1, 0.15) is 5.75 Å². The van der Waals surface area contributed by atoms with Crippen LogP contribution in [-0.2, 0) is 11.1 Å². The van der Waals surface area contributed by atoms with Crippen LogP contribution in [0.1, 0.15) is 11.1 Å². The fourth-order valence-electron chi connectivity index (χ4n) is 2.86. The van der Waals surface area contributed by atoms with Crippen molar-refractivity contribution in [1.82, 2.24) is 4.98 Å². The largest absolute Gasteiger partial charge is 0.396 e. The summed E-state index contributed by atoms with van der Waals surface area (Å²) < 4.78 is 18.0. The summed E-state index contributed by atoms with van der Waals surface area (Å²) in [7, 11) is 0. The lowest BCUT2D eigenvalue weighted by Crippen LogP contribution is -2.10. The maximum atomic E-state index is 12.3. The Morgan fingerprint density at radius 3 is 2.81 bits per heavy atom. The van der Waals surface area contributed by atoms with Crippen LogP contribution in [0.4, 0.5) is 0 Å². The minimum Gasteiger partial charge on any atom is -0.396 e. The van der Waals surface area contributed by atoms with Crippen molar-refractivity contribution in [3.8, 4) is 16.9 Å². The molecule has 0 bridgehead atoms. The molecule has 0 saturated heterocycles. The summed E-state index contributed by atoms with van der Waals surface area (Å²) in [5, 5.41) is 2.18. The maximum Gasteiger partial charge on any atom is 0.241 e. The Balaban J connectivity index is 2.17. The third kappa shape index (κ3) is 1.79. The first-order valence-corrected chi connectivity index (χ1v) is 7.81. The van der Waals surface area contributed by atoms with Crippen molar-refractivity contribution in [3.63, 3.8) is 0 Å². The third-order valence-electron chi connectivity index (χ3n) is 3.86. The minimum absolute atomic E-state index is 0.669. The second kappa shape index (κ2) is 4.40. The van der Waals surface area contributed by atoms with Crippen LogP contribution in [0, 0.1) is 13.8 Å². The molecule has 2 heterocycles. The van der Waals surface area contributed by atoms with E-state index in [9.17, 15) is 4.21 Å². The molecule has 1 aliphatic rings. The van der Waals surface area contributed by atoms with Crippen LogP contribution >= 0.6 is 0 Å². The van der Waals surface area contributed by atoms with Crippen LogP contribution in [-0.4, -0.2) is 9.19 Å². The molecule has 104 valence electrons. The van der Waals surface area contributed by atoms with Crippen molar-refractivity contribution in [3.05, 3.63) is 53.9 Å². The highest BCUT2D eigenvalue weighted by molar-refractivity contribution is 7.80. The van der Waals surface area contributed by atoms with E-state index >= 15 is 0 Å². The second-order valence-corrected chi connectivity index (χ2v) is 6.38. The standard InChI is InChI=1S/C17H13NO2S/c1-10-3-4-13-16(7-10)21(19)20-15-8-11(2)12-5-6-18-9-14(12)17(13)15/h3-9H,1-2H3. The van der Waals surface area contributed by atoms with Gasteiger partial charge in [0.15, 0.2) is 0 Å². The summed E-state index contributed by atoms with van der Waals surface area (Å²) >= 11 is -1.46. The van der Waals surface area contributed by atoms with Crippen LogP contribution in [0.15, 0.2) is 47.6 Å². The summed E-state index contributed by atoms with van der Waals surface area (Å²) in [6.07, 6.45) is 3.64. The molecular weight excluding hydrogens is 282 g/mol. The lowest BCUT2D eigenvalue weighted by atomic mass is 9.95. The molecule has 1 aromatic heterocycles. The van der Waals surface area contributed by atoms with E-state index in [1.807, 2.05) is 50.4 Å². The molecule has 0 saturated carbocycles. The fourth-order valence-corrected chi connectivity index (χ4v) is 3.88. The van der Waals surface area contributed by atoms with Crippen LogP contribution in [0.25, 0.3) is 21.9 Å². The summed E-state index contributed by atoms with van der Waals surface area (Å²) in [5.41, 5.74) is 4.12. The zero-order valence-electron chi connectivity index (χ0n) is 11.7. The lowest BCUT2D eigenvalue weighted by Gasteiger charge is -2.22. The third-order valence-corrected chi connectivity index (χ3v) is 4.89. The topological polar surface area (TPSA) is 39.2 Å². The van der Waals surface area contributed by atoms with E-state index in [0.717, 1.165) is 37.9 Å². The molecule has 0 fully saturated rings. The first kappa shape index (κ1) is 12.5. The number of fused-ring (bicyclic) bond motifs is 5. The monoisotopic (exact) mass is 295 g/mol. The molecule has 0 aliphatic carbocycles. The minimum atomic E-state index is -1.46. The van der Waals surface area contributed by atoms with Crippen molar-refractivity contribution in [2.24, 2.45) is 0 Å². The quantitative estimate of drug-likeness (QED) is 0.630. The molecule has 1 aliphatic heterocycles. The van der Waals surface area contributed by atoms with Gasteiger partial charge >= 0.3 is 0 Å². The van der Waals surface area contributed by atoms with E-state index in [0.29, 0.717) is 5.75 Å². The van der Waals surface area contributed by atoms with Crippen molar-refractivity contribution in [1.29, 1.82) is 0 Å². The first-order chi connectivity index (χ1) is 10.1. The maximum absolute atomic E-state index is 12.3. The van der Waals surface area contributed by atoms with Crippen molar-refractivity contribution >= 4 is 21.9 Å². The Morgan fingerprint density at radius 1 is 1.10 bits per heavy atom. The van der Waals surface area contributed by atoms with E-state index < -0.39 is 11.1 Å². The molecule has 0 N–H and O–H groups in total.